The monoisotopic (exact) mass is 356 g/mol. The zero-order valence-corrected chi connectivity index (χ0v) is 16.8. The van der Waals surface area contributed by atoms with Crippen molar-refractivity contribution >= 4 is 5.91 Å². The van der Waals surface area contributed by atoms with E-state index in [0.717, 1.165) is 31.8 Å². The lowest BCUT2D eigenvalue weighted by molar-refractivity contribution is -0.133. The maximum Gasteiger partial charge on any atom is 0.222 e. The molecule has 0 aromatic heterocycles. The number of carbonyl (C=O) groups excluding carboxylic acids is 1. The second-order valence-corrected chi connectivity index (χ2v) is 8.50. The summed E-state index contributed by atoms with van der Waals surface area (Å²) in [4.78, 5) is 17.5. The van der Waals surface area contributed by atoms with Crippen LogP contribution in [0, 0.1) is 11.8 Å². The average Bonchev–Trinajstić information content (AvgIpc) is 2.68. The van der Waals surface area contributed by atoms with Gasteiger partial charge in [0.2, 0.25) is 5.91 Å². The fourth-order valence-electron chi connectivity index (χ4n) is 4.40. The first-order chi connectivity index (χ1) is 12.6. The molecule has 2 aliphatic heterocycles. The number of hydrogen-bond donors (Lipinski definition) is 0. The SMILES string of the molecule is CCc1ccc(CCC(=O)N2CCCC(CN3CCC(C)CC3)C2)cc1. The van der Waals surface area contributed by atoms with Gasteiger partial charge in [0, 0.05) is 26.1 Å². The predicted octanol–water partition coefficient (Wildman–Crippen LogP) is 4.15. The van der Waals surface area contributed by atoms with Crippen molar-refractivity contribution in [3.8, 4) is 0 Å². The second-order valence-electron chi connectivity index (χ2n) is 8.50. The molecular weight excluding hydrogens is 320 g/mol. The minimum atomic E-state index is 0.349. The number of hydrogen-bond acceptors (Lipinski definition) is 2. The van der Waals surface area contributed by atoms with Gasteiger partial charge in [0.15, 0.2) is 0 Å². The molecule has 0 bridgehead atoms. The van der Waals surface area contributed by atoms with Crippen molar-refractivity contribution in [2.45, 2.75) is 58.8 Å². The topological polar surface area (TPSA) is 23.6 Å². The molecule has 0 spiro atoms. The molecule has 0 saturated carbocycles. The lowest BCUT2D eigenvalue weighted by atomic mass is 9.94. The van der Waals surface area contributed by atoms with Crippen molar-refractivity contribution in [2.24, 2.45) is 11.8 Å². The Kier molecular flexibility index (Phi) is 7.13. The Labute approximate surface area is 159 Å². The van der Waals surface area contributed by atoms with Crippen LogP contribution in [0.2, 0.25) is 0 Å². The summed E-state index contributed by atoms with van der Waals surface area (Å²) in [6.45, 7) is 10.2. The lowest BCUT2D eigenvalue weighted by Gasteiger charge is -2.38. The molecule has 2 saturated heterocycles. The molecule has 3 rings (SSSR count). The molecule has 3 heteroatoms. The number of nitrogens with zero attached hydrogens (tertiary/aromatic N) is 2. The first-order valence-corrected chi connectivity index (χ1v) is 10.7. The van der Waals surface area contributed by atoms with Crippen LogP contribution in [0.4, 0.5) is 0 Å². The van der Waals surface area contributed by atoms with Crippen LogP contribution in [-0.2, 0) is 17.6 Å². The van der Waals surface area contributed by atoms with E-state index >= 15 is 0 Å². The number of benzene rings is 1. The summed E-state index contributed by atoms with van der Waals surface area (Å²) in [5.41, 5.74) is 2.65. The third kappa shape index (κ3) is 5.57. The average molecular weight is 357 g/mol. The second kappa shape index (κ2) is 9.55. The highest BCUT2D eigenvalue weighted by Crippen LogP contribution is 2.22. The first-order valence-electron chi connectivity index (χ1n) is 10.7. The number of amides is 1. The smallest absolute Gasteiger partial charge is 0.222 e. The number of carbonyl (C=O) groups is 1. The van der Waals surface area contributed by atoms with E-state index in [1.54, 1.807) is 0 Å². The fraction of sp³-hybridized carbons (Fsp3) is 0.696. The van der Waals surface area contributed by atoms with Crippen LogP contribution in [0.25, 0.3) is 0 Å². The molecule has 0 radical (unpaired) electrons. The molecule has 1 aromatic carbocycles. The van der Waals surface area contributed by atoms with E-state index in [2.05, 4.69) is 47.9 Å². The largest absolute Gasteiger partial charge is 0.342 e. The predicted molar refractivity (Wildman–Crippen MR) is 108 cm³/mol. The third-order valence-corrected chi connectivity index (χ3v) is 6.32. The standard InChI is InChI=1S/C23H36N2O/c1-3-20-6-8-21(9-7-20)10-11-23(26)25-14-4-5-22(18-25)17-24-15-12-19(2)13-16-24/h6-9,19,22H,3-5,10-18H2,1-2H3. The summed E-state index contributed by atoms with van der Waals surface area (Å²) in [6, 6.07) is 8.75. The Morgan fingerprint density at radius 3 is 2.42 bits per heavy atom. The van der Waals surface area contributed by atoms with E-state index in [1.807, 2.05) is 0 Å². The lowest BCUT2D eigenvalue weighted by Crippen LogP contribution is -2.45. The van der Waals surface area contributed by atoms with Gasteiger partial charge < -0.3 is 9.80 Å². The zero-order valence-electron chi connectivity index (χ0n) is 16.8. The Morgan fingerprint density at radius 2 is 1.73 bits per heavy atom. The molecule has 1 aromatic rings. The number of likely N-dealkylation sites (tertiary alicyclic amines) is 2. The molecule has 2 fully saturated rings. The molecule has 2 aliphatic rings. The van der Waals surface area contributed by atoms with Gasteiger partial charge in [-0.25, -0.2) is 0 Å². The minimum Gasteiger partial charge on any atom is -0.342 e. The van der Waals surface area contributed by atoms with Gasteiger partial charge in [0.25, 0.3) is 0 Å². The van der Waals surface area contributed by atoms with Gasteiger partial charge in [-0.3, -0.25) is 4.79 Å². The zero-order chi connectivity index (χ0) is 18.4. The molecule has 1 unspecified atom stereocenters. The number of piperidine rings is 2. The molecule has 26 heavy (non-hydrogen) atoms. The van der Waals surface area contributed by atoms with Crippen LogP contribution in [0.3, 0.4) is 0 Å². The van der Waals surface area contributed by atoms with E-state index in [-0.39, 0.29) is 0 Å². The maximum absolute atomic E-state index is 12.7. The Morgan fingerprint density at radius 1 is 1.04 bits per heavy atom. The quantitative estimate of drug-likeness (QED) is 0.764. The van der Waals surface area contributed by atoms with Gasteiger partial charge in [0.1, 0.15) is 0 Å². The number of rotatable bonds is 6. The van der Waals surface area contributed by atoms with Gasteiger partial charge in [-0.15, -0.1) is 0 Å². The van der Waals surface area contributed by atoms with Crippen LogP contribution < -0.4 is 0 Å². The summed E-state index contributed by atoms with van der Waals surface area (Å²) in [6.07, 6.45) is 7.73. The molecule has 3 nitrogen and oxygen atoms in total. The summed E-state index contributed by atoms with van der Waals surface area (Å²) in [7, 11) is 0. The minimum absolute atomic E-state index is 0.349. The van der Waals surface area contributed by atoms with Crippen molar-refractivity contribution in [1.29, 1.82) is 0 Å². The summed E-state index contributed by atoms with van der Waals surface area (Å²) < 4.78 is 0. The van der Waals surface area contributed by atoms with Gasteiger partial charge in [0.05, 0.1) is 0 Å². The van der Waals surface area contributed by atoms with Crippen molar-refractivity contribution in [3.05, 3.63) is 35.4 Å². The Bertz CT molecular complexity index is 560. The molecule has 2 heterocycles. The fourth-order valence-corrected chi connectivity index (χ4v) is 4.40. The Hall–Kier alpha value is -1.35. The third-order valence-electron chi connectivity index (χ3n) is 6.32. The Balaban J connectivity index is 1.43. The van der Waals surface area contributed by atoms with E-state index in [4.69, 9.17) is 0 Å². The molecule has 1 atom stereocenters. The highest BCUT2D eigenvalue weighted by molar-refractivity contribution is 5.76. The summed E-state index contributed by atoms with van der Waals surface area (Å²) >= 11 is 0. The number of aryl methyl sites for hydroxylation is 2. The van der Waals surface area contributed by atoms with Gasteiger partial charge in [-0.1, -0.05) is 38.1 Å². The van der Waals surface area contributed by atoms with Crippen molar-refractivity contribution in [2.75, 3.05) is 32.7 Å². The molecular formula is C23H36N2O. The van der Waals surface area contributed by atoms with Crippen LogP contribution in [0.15, 0.2) is 24.3 Å². The van der Waals surface area contributed by atoms with Crippen molar-refractivity contribution in [3.63, 3.8) is 0 Å². The van der Waals surface area contributed by atoms with Crippen LogP contribution in [-0.4, -0.2) is 48.4 Å². The summed E-state index contributed by atoms with van der Waals surface area (Å²) in [5.74, 6) is 1.91. The highest BCUT2D eigenvalue weighted by Gasteiger charge is 2.26. The maximum atomic E-state index is 12.7. The van der Waals surface area contributed by atoms with Gasteiger partial charge in [-0.05, 0) is 74.6 Å². The molecule has 1 amide bonds. The van der Waals surface area contributed by atoms with Crippen LogP contribution in [0.5, 0.6) is 0 Å². The van der Waals surface area contributed by atoms with E-state index < -0.39 is 0 Å². The van der Waals surface area contributed by atoms with Gasteiger partial charge >= 0.3 is 0 Å². The van der Waals surface area contributed by atoms with Crippen LogP contribution >= 0.6 is 0 Å². The normalized spacial score (nSPS) is 22.5. The van der Waals surface area contributed by atoms with Crippen LogP contribution in [0.1, 0.15) is 57.1 Å². The molecule has 0 aliphatic carbocycles. The van der Waals surface area contributed by atoms with Crippen molar-refractivity contribution in [1.82, 2.24) is 9.80 Å². The van der Waals surface area contributed by atoms with Crippen molar-refractivity contribution < 1.29 is 4.79 Å². The molecule has 144 valence electrons. The van der Waals surface area contributed by atoms with E-state index in [9.17, 15) is 4.79 Å². The van der Waals surface area contributed by atoms with E-state index in [0.29, 0.717) is 18.2 Å². The molecule has 0 N–H and O–H groups in total. The van der Waals surface area contributed by atoms with Gasteiger partial charge in [-0.2, -0.15) is 0 Å². The van der Waals surface area contributed by atoms with E-state index in [1.165, 1.54) is 56.4 Å². The highest BCUT2D eigenvalue weighted by atomic mass is 16.2. The summed E-state index contributed by atoms with van der Waals surface area (Å²) in [5, 5.41) is 0. The first kappa shape index (κ1) is 19.4.